The fraction of sp³-hybridized carbons (Fsp3) is 0.360. The summed E-state index contributed by atoms with van der Waals surface area (Å²) in [7, 11) is 0. The molecule has 162 valence electrons. The molecule has 5 nitrogen and oxygen atoms in total. The van der Waals surface area contributed by atoms with Crippen molar-refractivity contribution in [1.82, 2.24) is 15.2 Å². The number of hydrogen-bond donors (Lipinski definition) is 1. The largest absolute Gasteiger partial charge is 0.441 e. The highest BCUT2D eigenvalue weighted by Crippen LogP contribution is 2.26. The molecule has 1 aromatic heterocycles. The summed E-state index contributed by atoms with van der Waals surface area (Å²) in [5, 5.41) is 2.99. The van der Waals surface area contributed by atoms with E-state index in [0.29, 0.717) is 25.5 Å². The summed E-state index contributed by atoms with van der Waals surface area (Å²) >= 11 is 0. The number of carbonyl (C=O) groups is 1. The zero-order valence-corrected chi connectivity index (χ0v) is 18.0. The van der Waals surface area contributed by atoms with E-state index in [4.69, 9.17) is 9.40 Å². The van der Waals surface area contributed by atoms with E-state index in [1.54, 1.807) is 12.1 Å². The van der Waals surface area contributed by atoms with Crippen molar-refractivity contribution in [2.45, 2.75) is 39.8 Å². The lowest BCUT2D eigenvalue weighted by atomic mass is 9.97. The summed E-state index contributed by atoms with van der Waals surface area (Å²) in [4.78, 5) is 19.7. The summed E-state index contributed by atoms with van der Waals surface area (Å²) < 4.78 is 19.0. The number of hydrogen-bond acceptors (Lipinski definition) is 4. The van der Waals surface area contributed by atoms with Crippen molar-refractivity contribution < 1.29 is 13.6 Å². The third-order valence-electron chi connectivity index (χ3n) is 5.90. The molecule has 2 heterocycles. The first-order valence-corrected chi connectivity index (χ1v) is 10.8. The Morgan fingerprint density at radius 1 is 1.19 bits per heavy atom. The minimum absolute atomic E-state index is 0.0477. The average molecular weight is 422 g/mol. The fourth-order valence-electron chi connectivity index (χ4n) is 4.06. The summed E-state index contributed by atoms with van der Waals surface area (Å²) in [6.07, 6.45) is 1.84. The zero-order chi connectivity index (χ0) is 21.8. The maximum atomic E-state index is 13.0. The fourth-order valence-corrected chi connectivity index (χ4v) is 4.06. The van der Waals surface area contributed by atoms with Gasteiger partial charge in [0.2, 0.25) is 11.8 Å². The maximum absolute atomic E-state index is 13.0. The van der Waals surface area contributed by atoms with Gasteiger partial charge in [0.15, 0.2) is 0 Å². The Morgan fingerprint density at radius 2 is 1.97 bits per heavy atom. The van der Waals surface area contributed by atoms with Crippen molar-refractivity contribution >= 4 is 5.91 Å². The van der Waals surface area contributed by atoms with E-state index < -0.39 is 0 Å². The second-order valence-electron chi connectivity index (χ2n) is 8.26. The quantitative estimate of drug-likeness (QED) is 0.631. The number of nitrogens with zero attached hydrogens (tertiary/aromatic N) is 2. The van der Waals surface area contributed by atoms with Gasteiger partial charge < -0.3 is 9.73 Å². The van der Waals surface area contributed by atoms with Crippen molar-refractivity contribution in [1.29, 1.82) is 0 Å². The van der Waals surface area contributed by atoms with Crippen LogP contribution in [0.3, 0.4) is 0 Å². The third kappa shape index (κ3) is 5.20. The van der Waals surface area contributed by atoms with Crippen LogP contribution in [0.1, 0.15) is 35.4 Å². The third-order valence-corrected chi connectivity index (χ3v) is 5.90. The number of rotatable bonds is 6. The molecule has 1 fully saturated rings. The molecule has 1 atom stereocenters. The number of amides is 1. The number of likely N-dealkylation sites (tertiary alicyclic amines) is 1. The molecule has 0 radical (unpaired) electrons. The van der Waals surface area contributed by atoms with Crippen LogP contribution in [-0.2, 0) is 17.9 Å². The Kier molecular flexibility index (Phi) is 6.47. The predicted octanol–water partition coefficient (Wildman–Crippen LogP) is 4.63. The Labute approximate surface area is 182 Å². The molecule has 1 N–H and O–H groups in total. The first-order valence-electron chi connectivity index (χ1n) is 10.8. The second kappa shape index (κ2) is 9.43. The van der Waals surface area contributed by atoms with E-state index in [1.807, 2.05) is 38.1 Å². The smallest absolute Gasteiger partial charge is 0.226 e. The van der Waals surface area contributed by atoms with Gasteiger partial charge >= 0.3 is 0 Å². The zero-order valence-electron chi connectivity index (χ0n) is 18.0. The van der Waals surface area contributed by atoms with Crippen LogP contribution in [-0.4, -0.2) is 28.9 Å². The summed E-state index contributed by atoms with van der Waals surface area (Å²) in [5.41, 5.74) is 3.95. The number of benzene rings is 2. The molecule has 1 amide bonds. The van der Waals surface area contributed by atoms with Gasteiger partial charge in [-0.1, -0.05) is 30.3 Å². The number of piperidine rings is 1. The predicted molar refractivity (Wildman–Crippen MR) is 118 cm³/mol. The van der Waals surface area contributed by atoms with Crippen LogP contribution in [0.15, 0.2) is 52.9 Å². The summed E-state index contributed by atoms with van der Waals surface area (Å²) in [6.45, 7) is 6.71. The minimum Gasteiger partial charge on any atom is -0.441 e. The molecule has 0 spiro atoms. The monoisotopic (exact) mass is 421 g/mol. The van der Waals surface area contributed by atoms with E-state index in [1.165, 1.54) is 12.1 Å². The number of oxazole rings is 1. The van der Waals surface area contributed by atoms with Crippen LogP contribution in [0, 0.1) is 25.6 Å². The van der Waals surface area contributed by atoms with Gasteiger partial charge in [-0.25, -0.2) is 9.37 Å². The lowest BCUT2D eigenvalue weighted by Crippen LogP contribution is -2.42. The van der Waals surface area contributed by atoms with E-state index in [2.05, 4.69) is 10.2 Å². The van der Waals surface area contributed by atoms with Gasteiger partial charge in [0.25, 0.3) is 0 Å². The molecule has 3 aromatic rings. The molecule has 1 aliphatic rings. The van der Waals surface area contributed by atoms with Crippen LogP contribution < -0.4 is 5.32 Å². The highest BCUT2D eigenvalue weighted by molar-refractivity contribution is 5.79. The van der Waals surface area contributed by atoms with Gasteiger partial charge in [0.1, 0.15) is 11.6 Å². The van der Waals surface area contributed by atoms with E-state index in [-0.39, 0.29) is 17.6 Å². The van der Waals surface area contributed by atoms with Crippen molar-refractivity contribution in [3.8, 4) is 11.5 Å². The molecular weight excluding hydrogens is 393 g/mol. The van der Waals surface area contributed by atoms with Crippen LogP contribution >= 0.6 is 0 Å². The Balaban J connectivity index is 1.36. The van der Waals surface area contributed by atoms with Crippen molar-refractivity contribution in [2.24, 2.45) is 5.92 Å². The SMILES string of the molecule is Cc1ccccc1-c1nc(CN2CCC[C@H](C(=O)NCc3ccc(F)cc3)C2)c(C)o1. The highest BCUT2D eigenvalue weighted by Gasteiger charge is 2.27. The Morgan fingerprint density at radius 3 is 2.74 bits per heavy atom. The van der Waals surface area contributed by atoms with Crippen LogP contribution in [0.4, 0.5) is 4.39 Å². The summed E-state index contributed by atoms with van der Waals surface area (Å²) in [6, 6.07) is 14.3. The topological polar surface area (TPSA) is 58.4 Å². The molecule has 0 aliphatic carbocycles. The average Bonchev–Trinajstić information content (AvgIpc) is 3.13. The van der Waals surface area contributed by atoms with Crippen molar-refractivity contribution in [3.63, 3.8) is 0 Å². The maximum Gasteiger partial charge on any atom is 0.226 e. The Hall–Kier alpha value is -2.99. The normalized spacial score (nSPS) is 16.9. The molecule has 6 heteroatoms. The van der Waals surface area contributed by atoms with Gasteiger partial charge in [-0.15, -0.1) is 0 Å². The first-order chi connectivity index (χ1) is 15.0. The molecule has 1 aliphatic heterocycles. The number of halogens is 1. The lowest BCUT2D eigenvalue weighted by Gasteiger charge is -2.31. The number of nitrogens with one attached hydrogen (secondary N) is 1. The number of aryl methyl sites for hydroxylation is 2. The second-order valence-corrected chi connectivity index (χ2v) is 8.26. The van der Waals surface area contributed by atoms with E-state index >= 15 is 0 Å². The van der Waals surface area contributed by atoms with Crippen molar-refractivity contribution in [3.05, 3.63) is 76.9 Å². The highest BCUT2D eigenvalue weighted by atomic mass is 19.1. The lowest BCUT2D eigenvalue weighted by molar-refractivity contribution is -0.127. The van der Waals surface area contributed by atoms with Crippen molar-refractivity contribution in [2.75, 3.05) is 13.1 Å². The van der Waals surface area contributed by atoms with Gasteiger partial charge in [-0.3, -0.25) is 9.69 Å². The molecule has 0 saturated carbocycles. The number of carbonyl (C=O) groups excluding carboxylic acids is 1. The van der Waals surface area contributed by atoms with Crippen LogP contribution in [0.5, 0.6) is 0 Å². The van der Waals surface area contributed by atoms with Gasteiger partial charge in [0.05, 0.1) is 11.6 Å². The van der Waals surface area contributed by atoms with E-state index in [0.717, 1.165) is 47.5 Å². The minimum atomic E-state index is -0.272. The molecule has 31 heavy (non-hydrogen) atoms. The molecular formula is C25H28FN3O2. The first kappa shape index (κ1) is 21.2. The van der Waals surface area contributed by atoms with Crippen LogP contribution in [0.2, 0.25) is 0 Å². The van der Waals surface area contributed by atoms with Crippen LogP contribution in [0.25, 0.3) is 11.5 Å². The standard InChI is InChI=1S/C25H28FN3O2/c1-17-6-3-4-8-22(17)25-28-23(18(2)31-25)16-29-13-5-7-20(15-29)24(30)27-14-19-9-11-21(26)12-10-19/h3-4,6,8-12,20H,5,7,13-16H2,1-2H3,(H,27,30)/t20-/m0/s1. The van der Waals surface area contributed by atoms with E-state index in [9.17, 15) is 9.18 Å². The molecule has 2 aromatic carbocycles. The van der Waals surface area contributed by atoms with Gasteiger partial charge in [-0.05, 0) is 62.6 Å². The summed E-state index contributed by atoms with van der Waals surface area (Å²) in [5.74, 6) is 1.19. The number of aromatic nitrogens is 1. The van der Waals surface area contributed by atoms with Gasteiger partial charge in [0, 0.05) is 25.2 Å². The van der Waals surface area contributed by atoms with Gasteiger partial charge in [-0.2, -0.15) is 0 Å². The Bertz CT molecular complexity index is 1050. The molecule has 0 bridgehead atoms. The molecule has 0 unspecified atom stereocenters. The molecule has 4 rings (SSSR count). The molecule has 1 saturated heterocycles.